The van der Waals surface area contributed by atoms with Crippen LogP contribution in [0.15, 0.2) is 30.3 Å². The fraction of sp³-hybridized carbons (Fsp3) is 0.517. The molecule has 2 aromatic carbocycles. The van der Waals surface area contributed by atoms with Gasteiger partial charge >= 0.3 is 0 Å². The molecule has 0 aromatic heterocycles. The van der Waals surface area contributed by atoms with Gasteiger partial charge in [-0.2, -0.15) is 0 Å². The van der Waals surface area contributed by atoms with Gasteiger partial charge in [0.15, 0.2) is 11.5 Å². The number of benzene rings is 2. The summed E-state index contributed by atoms with van der Waals surface area (Å²) in [7, 11) is 0. The van der Waals surface area contributed by atoms with Gasteiger partial charge in [-0.1, -0.05) is 73.6 Å². The number of hydrogen-bond acceptors (Lipinski definition) is 5. The van der Waals surface area contributed by atoms with Crippen molar-refractivity contribution in [2.24, 2.45) is 0 Å². The van der Waals surface area contributed by atoms with Gasteiger partial charge in [-0.25, -0.2) is 0 Å². The largest absolute Gasteiger partial charge is 0.490 e. The Labute approximate surface area is 205 Å². The molecule has 0 fully saturated rings. The van der Waals surface area contributed by atoms with Crippen LogP contribution in [0.5, 0.6) is 17.2 Å². The van der Waals surface area contributed by atoms with Crippen LogP contribution < -0.4 is 19.5 Å². The molecule has 2 aromatic rings. The minimum atomic E-state index is -0.575. The van der Waals surface area contributed by atoms with E-state index >= 15 is 0 Å². The summed E-state index contributed by atoms with van der Waals surface area (Å²) in [4.78, 5) is 0. The molecule has 186 valence electrons. The Morgan fingerprint density at radius 2 is 1.50 bits per heavy atom. The minimum absolute atomic E-state index is 0.126. The van der Waals surface area contributed by atoms with Gasteiger partial charge in [-0.3, -0.25) is 0 Å². The summed E-state index contributed by atoms with van der Waals surface area (Å²) in [5, 5.41) is 13.7. The van der Waals surface area contributed by atoms with Crippen molar-refractivity contribution in [1.82, 2.24) is 5.32 Å². The summed E-state index contributed by atoms with van der Waals surface area (Å²) in [6, 6.07) is 10.7. The van der Waals surface area contributed by atoms with E-state index in [2.05, 4.69) is 85.0 Å². The molecule has 0 saturated heterocycles. The van der Waals surface area contributed by atoms with Crippen LogP contribution in [0, 0.1) is 0 Å². The summed E-state index contributed by atoms with van der Waals surface area (Å²) in [5.74, 6) is 2.44. The third-order valence-electron chi connectivity index (χ3n) is 5.77. The van der Waals surface area contributed by atoms with Crippen molar-refractivity contribution in [2.75, 3.05) is 19.9 Å². The summed E-state index contributed by atoms with van der Waals surface area (Å²) >= 11 is 0. The maximum atomic E-state index is 10.5. The molecule has 1 aliphatic heterocycles. The van der Waals surface area contributed by atoms with Gasteiger partial charge in [0.05, 0.1) is 0 Å². The van der Waals surface area contributed by atoms with Crippen molar-refractivity contribution in [3.05, 3.63) is 52.6 Å². The Morgan fingerprint density at radius 3 is 2.09 bits per heavy atom. The van der Waals surface area contributed by atoms with Crippen LogP contribution in [0.2, 0.25) is 0 Å². The van der Waals surface area contributed by atoms with E-state index < -0.39 is 6.10 Å². The zero-order valence-electron chi connectivity index (χ0n) is 22.0. The van der Waals surface area contributed by atoms with Gasteiger partial charge in [-0.05, 0) is 46.2 Å². The van der Waals surface area contributed by atoms with Gasteiger partial charge < -0.3 is 24.6 Å². The lowest BCUT2D eigenvalue weighted by atomic mass is 9.78. The Kier molecular flexibility index (Phi) is 7.99. The number of aliphatic hydroxyl groups excluding tert-OH is 1. The molecule has 1 atom stereocenters. The van der Waals surface area contributed by atoms with Crippen molar-refractivity contribution >= 4 is 12.2 Å². The summed E-state index contributed by atoms with van der Waals surface area (Å²) in [6.45, 7) is 18.4. The summed E-state index contributed by atoms with van der Waals surface area (Å²) < 4.78 is 17.3. The van der Waals surface area contributed by atoms with E-state index in [9.17, 15) is 5.11 Å². The van der Waals surface area contributed by atoms with Crippen LogP contribution in [0.4, 0.5) is 0 Å². The lowest BCUT2D eigenvalue weighted by molar-refractivity contribution is 0.102. The molecule has 5 heteroatoms. The normalized spacial score (nSPS) is 14.8. The number of rotatable bonds is 8. The zero-order chi connectivity index (χ0) is 25.1. The molecule has 0 spiro atoms. The van der Waals surface area contributed by atoms with Crippen molar-refractivity contribution in [3.8, 4) is 17.2 Å². The second kappa shape index (κ2) is 10.4. The molecule has 0 bridgehead atoms. The van der Waals surface area contributed by atoms with E-state index in [0.29, 0.717) is 12.6 Å². The standard InChI is InChI=1S/C29H41NO4/c1-19(2)30-16-22(31)17-32-27-23(28(3,4)5)13-21(14-24(27)29(6,7)8)10-9-20-11-12-25-26(15-20)34-18-33-25/h9-15,19,22,30-31H,16-18H2,1-8H3/b10-9+. The first-order valence-corrected chi connectivity index (χ1v) is 12.2. The van der Waals surface area contributed by atoms with Crippen LogP contribution in [0.3, 0.4) is 0 Å². The highest BCUT2D eigenvalue weighted by Crippen LogP contribution is 2.41. The van der Waals surface area contributed by atoms with Crippen LogP contribution in [0.25, 0.3) is 12.2 Å². The smallest absolute Gasteiger partial charge is 0.231 e. The van der Waals surface area contributed by atoms with Crippen LogP contribution in [-0.2, 0) is 10.8 Å². The quantitative estimate of drug-likeness (QED) is 0.472. The minimum Gasteiger partial charge on any atom is -0.490 e. The molecule has 5 nitrogen and oxygen atoms in total. The fourth-order valence-electron chi connectivity index (χ4n) is 3.84. The molecular formula is C29H41NO4. The van der Waals surface area contributed by atoms with Gasteiger partial charge in [0.25, 0.3) is 0 Å². The maximum Gasteiger partial charge on any atom is 0.231 e. The van der Waals surface area contributed by atoms with Crippen LogP contribution >= 0.6 is 0 Å². The molecule has 1 aliphatic rings. The molecule has 3 rings (SSSR count). The number of fused-ring (bicyclic) bond motifs is 1. The Morgan fingerprint density at radius 1 is 0.912 bits per heavy atom. The second-order valence-corrected chi connectivity index (χ2v) is 11.4. The molecule has 1 heterocycles. The Hall–Kier alpha value is -2.50. The highest BCUT2D eigenvalue weighted by atomic mass is 16.7. The van der Waals surface area contributed by atoms with Gasteiger partial charge in [0.1, 0.15) is 18.5 Å². The molecule has 2 N–H and O–H groups in total. The maximum absolute atomic E-state index is 10.5. The predicted octanol–water partition coefficient (Wildman–Crippen LogP) is 5.92. The molecule has 0 radical (unpaired) electrons. The topological polar surface area (TPSA) is 60.0 Å². The first-order valence-electron chi connectivity index (χ1n) is 12.2. The van der Waals surface area contributed by atoms with E-state index in [-0.39, 0.29) is 24.2 Å². The Balaban J connectivity index is 1.94. The lowest BCUT2D eigenvalue weighted by Gasteiger charge is -2.31. The monoisotopic (exact) mass is 467 g/mol. The van der Waals surface area contributed by atoms with Crippen molar-refractivity contribution < 1.29 is 19.3 Å². The predicted molar refractivity (Wildman–Crippen MR) is 140 cm³/mol. The van der Waals surface area contributed by atoms with E-state index in [0.717, 1.165) is 39.5 Å². The summed E-state index contributed by atoms with van der Waals surface area (Å²) in [5.41, 5.74) is 4.18. The highest BCUT2D eigenvalue weighted by Gasteiger charge is 2.28. The van der Waals surface area contributed by atoms with Gasteiger partial charge in [0, 0.05) is 23.7 Å². The number of ether oxygens (including phenoxy) is 3. The van der Waals surface area contributed by atoms with Gasteiger partial charge in [0.2, 0.25) is 6.79 Å². The van der Waals surface area contributed by atoms with Crippen LogP contribution in [0.1, 0.15) is 77.6 Å². The van der Waals surface area contributed by atoms with Crippen molar-refractivity contribution in [2.45, 2.75) is 78.4 Å². The average molecular weight is 468 g/mol. The first kappa shape index (κ1) is 26.1. The SMILES string of the molecule is CC(C)NCC(O)COc1c(C(C)(C)C)cc(/C=C/c2ccc3c(c2)OCO3)cc1C(C)(C)C. The molecular weight excluding hydrogens is 426 g/mol. The van der Waals surface area contributed by atoms with Gasteiger partial charge in [-0.15, -0.1) is 0 Å². The molecule has 34 heavy (non-hydrogen) atoms. The van der Waals surface area contributed by atoms with Crippen molar-refractivity contribution in [3.63, 3.8) is 0 Å². The van der Waals surface area contributed by atoms with E-state index in [1.807, 2.05) is 18.2 Å². The highest BCUT2D eigenvalue weighted by molar-refractivity contribution is 5.73. The molecule has 0 saturated carbocycles. The molecule has 0 aliphatic carbocycles. The van der Waals surface area contributed by atoms with E-state index in [1.54, 1.807) is 0 Å². The third-order valence-corrected chi connectivity index (χ3v) is 5.77. The fourth-order valence-corrected chi connectivity index (χ4v) is 3.84. The van der Waals surface area contributed by atoms with Crippen LogP contribution in [-0.4, -0.2) is 37.2 Å². The second-order valence-electron chi connectivity index (χ2n) is 11.4. The van der Waals surface area contributed by atoms with Crippen molar-refractivity contribution in [1.29, 1.82) is 0 Å². The third kappa shape index (κ3) is 6.77. The molecule has 1 unspecified atom stereocenters. The zero-order valence-corrected chi connectivity index (χ0v) is 22.0. The first-order chi connectivity index (χ1) is 15.8. The van der Waals surface area contributed by atoms with E-state index in [1.165, 1.54) is 0 Å². The number of aliphatic hydroxyl groups is 1. The lowest BCUT2D eigenvalue weighted by Crippen LogP contribution is -2.35. The Bertz CT molecular complexity index is 977. The number of nitrogens with one attached hydrogen (secondary N) is 1. The van der Waals surface area contributed by atoms with E-state index in [4.69, 9.17) is 14.2 Å². The number of hydrogen-bond donors (Lipinski definition) is 2. The average Bonchev–Trinajstić information content (AvgIpc) is 3.21. The summed E-state index contributed by atoms with van der Waals surface area (Å²) in [6.07, 6.45) is 3.65. The molecule has 0 amide bonds.